The van der Waals surface area contributed by atoms with Gasteiger partial charge in [0, 0.05) is 26.6 Å². The molecule has 2 heterocycles. The average molecular weight is 432 g/mol. The highest BCUT2D eigenvalue weighted by molar-refractivity contribution is 8.03. The van der Waals surface area contributed by atoms with Crippen LogP contribution in [0.4, 0.5) is 5.69 Å². The molecule has 0 spiro atoms. The number of rotatable bonds is 4. The summed E-state index contributed by atoms with van der Waals surface area (Å²) in [5, 5.41) is 2.98. The van der Waals surface area contributed by atoms with Crippen molar-refractivity contribution in [2.24, 2.45) is 0 Å². The summed E-state index contributed by atoms with van der Waals surface area (Å²) in [6, 6.07) is 16.4. The van der Waals surface area contributed by atoms with E-state index < -0.39 is 0 Å². The Morgan fingerprint density at radius 1 is 0.867 bits per heavy atom. The molecule has 5 rings (SSSR count). The van der Waals surface area contributed by atoms with Gasteiger partial charge in [0.25, 0.3) is 5.91 Å². The Labute approximate surface area is 184 Å². The van der Waals surface area contributed by atoms with Gasteiger partial charge in [-0.05, 0) is 55.0 Å². The first-order valence-corrected chi connectivity index (χ1v) is 12.0. The Hall–Kier alpha value is -2.63. The number of ketones is 1. The zero-order valence-corrected chi connectivity index (χ0v) is 18.1. The number of aryl methyl sites for hydroxylation is 1. The highest BCUT2D eigenvalue weighted by Crippen LogP contribution is 2.42. The van der Waals surface area contributed by atoms with E-state index in [9.17, 15) is 9.59 Å². The second kappa shape index (κ2) is 8.25. The predicted molar refractivity (Wildman–Crippen MR) is 125 cm³/mol. The molecule has 1 aliphatic carbocycles. The summed E-state index contributed by atoms with van der Waals surface area (Å²) in [6.07, 6.45) is 6.91. The lowest BCUT2D eigenvalue weighted by atomic mass is 9.95. The number of nitrogens with one attached hydrogen (secondary N) is 1. The van der Waals surface area contributed by atoms with Gasteiger partial charge in [-0.1, -0.05) is 42.5 Å². The van der Waals surface area contributed by atoms with Crippen LogP contribution in [0.2, 0.25) is 0 Å². The van der Waals surface area contributed by atoms with Gasteiger partial charge >= 0.3 is 0 Å². The fourth-order valence-corrected chi connectivity index (χ4v) is 6.62. The van der Waals surface area contributed by atoms with Gasteiger partial charge < -0.3 is 5.32 Å². The van der Waals surface area contributed by atoms with Gasteiger partial charge in [-0.25, -0.2) is 0 Å². The summed E-state index contributed by atoms with van der Waals surface area (Å²) >= 11 is 3.44. The molecule has 1 aliphatic heterocycles. The number of amides is 1. The Morgan fingerprint density at radius 3 is 2.50 bits per heavy atom. The molecule has 1 N–H and O–H groups in total. The fraction of sp³-hybridized carbons (Fsp3) is 0.200. The molecule has 2 aromatic carbocycles. The maximum atomic E-state index is 13.0. The van der Waals surface area contributed by atoms with Crippen LogP contribution < -0.4 is 5.32 Å². The zero-order chi connectivity index (χ0) is 20.5. The first-order valence-electron chi connectivity index (χ1n) is 10.2. The fourth-order valence-electron chi connectivity index (χ4n) is 4.09. The van der Waals surface area contributed by atoms with Crippen LogP contribution in [-0.4, -0.2) is 11.7 Å². The second-order valence-corrected chi connectivity index (χ2v) is 9.70. The summed E-state index contributed by atoms with van der Waals surface area (Å²) < 4.78 is 0. The van der Waals surface area contributed by atoms with E-state index in [0.29, 0.717) is 21.7 Å². The normalized spacial score (nSPS) is 15.0. The largest absolute Gasteiger partial charge is 0.321 e. The third kappa shape index (κ3) is 3.64. The van der Waals surface area contributed by atoms with Gasteiger partial charge in [-0.2, -0.15) is 0 Å². The van der Waals surface area contributed by atoms with Gasteiger partial charge in [0.15, 0.2) is 5.78 Å². The molecule has 0 bridgehead atoms. The van der Waals surface area contributed by atoms with Crippen molar-refractivity contribution in [3.05, 3.63) is 91.5 Å². The number of carbonyl (C=O) groups is 2. The maximum Gasteiger partial charge on any atom is 0.262 e. The van der Waals surface area contributed by atoms with Crippen LogP contribution in [-0.2, 0) is 23.4 Å². The molecule has 30 heavy (non-hydrogen) atoms. The van der Waals surface area contributed by atoms with Crippen LogP contribution >= 0.6 is 23.1 Å². The average Bonchev–Trinajstić information content (AvgIpc) is 3.17. The number of benzene rings is 2. The van der Waals surface area contributed by atoms with Crippen molar-refractivity contribution >= 4 is 46.6 Å². The molecule has 3 nitrogen and oxygen atoms in total. The highest BCUT2D eigenvalue weighted by Gasteiger charge is 2.25. The van der Waals surface area contributed by atoms with E-state index in [2.05, 4.69) is 5.32 Å². The number of carbonyl (C=O) groups excluding carboxylic acids is 2. The summed E-state index contributed by atoms with van der Waals surface area (Å²) in [7, 11) is 0. The molecule has 2 aliphatic rings. The van der Waals surface area contributed by atoms with E-state index in [0.717, 1.165) is 5.75 Å². The first-order chi connectivity index (χ1) is 14.7. The minimum atomic E-state index is -0.148. The summed E-state index contributed by atoms with van der Waals surface area (Å²) in [6.45, 7) is 0. The number of fused-ring (bicyclic) bond motifs is 3. The molecule has 150 valence electrons. The van der Waals surface area contributed by atoms with E-state index in [1.54, 1.807) is 36.0 Å². The molecule has 0 radical (unpaired) electrons. The monoisotopic (exact) mass is 431 g/mol. The van der Waals surface area contributed by atoms with Crippen LogP contribution in [0.5, 0.6) is 0 Å². The third-order valence-corrected chi connectivity index (χ3v) is 7.95. The van der Waals surface area contributed by atoms with Crippen molar-refractivity contribution < 1.29 is 9.59 Å². The third-order valence-electron chi connectivity index (χ3n) is 5.63. The molecular weight excluding hydrogens is 410 g/mol. The molecule has 0 unspecified atom stereocenters. The number of thioether (sulfide) groups is 1. The van der Waals surface area contributed by atoms with E-state index in [4.69, 9.17) is 0 Å². The minimum absolute atomic E-state index is 0.0926. The van der Waals surface area contributed by atoms with E-state index in [-0.39, 0.29) is 11.7 Å². The van der Waals surface area contributed by atoms with E-state index >= 15 is 0 Å². The predicted octanol–water partition coefficient (Wildman–Crippen LogP) is 6.08. The van der Waals surface area contributed by atoms with Crippen molar-refractivity contribution in [1.82, 2.24) is 0 Å². The number of hydrogen-bond donors (Lipinski definition) is 1. The first kappa shape index (κ1) is 19.3. The van der Waals surface area contributed by atoms with E-state index in [1.165, 1.54) is 46.6 Å². The summed E-state index contributed by atoms with van der Waals surface area (Å²) in [5.41, 5.74) is 4.62. The zero-order valence-electron chi connectivity index (χ0n) is 16.4. The van der Waals surface area contributed by atoms with Crippen LogP contribution in [0.15, 0.2) is 59.5 Å². The molecule has 0 atom stereocenters. The van der Waals surface area contributed by atoms with Gasteiger partial charge in [-0.15, -0.1) is 23.1 Å². The van der Waals surface area contributed by atoms with Crippen LogP contribution in [0, 0.1) is 0 Å². The maximum absolute atomic E-state index is 13.0. The molecule has 0 saturated carbocycles. The van der Waals surface area contributed by atoms with Gasteiger partial charge in [0.2, 0.25) is 0 Å². The van der Waals surface area contributed by atoms with Gasteiger partial charge in [0.05, 0.1) is 10.6 Å². The van der Waals surface area contributed by atoms with Crippen LogP contribution in [0.1, 0.15) is 49.6 Å². The van der Waals surface area contributed by atoms with Crippen molar-refractivity contribution in [3.8, 4) is 0 Å². The number of hydrogen-bond acceptors (Lipinski definition) is 4. The minimum Gasteiger partial charge on any atom is -0.321 e. The number of anilines is 1. The molecular formula is C25H21NO2S2. The Kier molecular flexibility index (Phi) is 5.32. The quantitative estimate of drug-likeness (QED) is 0.509. The van der Waals surface area contributed by atoms with Crippen molar-refractivity contribution in [2.45, 2.75) is 31.4 Å². The Bertz CT molecular complexity index is 1160. The summed E-state index contributed by atoms with van der Waals surface area (Å²) in [4.78, 5) is 29.4. The van der Waals surface area contributed by atoms with Crippen LogP contribution in [0.25, 0.3) is 6.08 Å². The Balaban J connectivity index is 1.40. The second-order valence-electron chi connectivity index (χ2n) is 7.55. The van der Waals surface area contributed by atoms with E-state index in [1.807, 2.05) is 47.7 Å². The van der Waals surface area contributed by atoms with Crippen molar-refractivity contribution in [3.63, 3.8) is 0 Å². The molecule has 0 fully saturated rings. The van der Waals surface area contributed by atoms with Gasteiger partial charge in [-0.3, -0.25) is 9.59 Å². The van der Waals surface area contributed by atoms with Gasteiger partial charge in [0.1, 0.15) is 0 Å². The van der Waals surface area contributed by atoms with Crippen molar-refractivity contribution in [1.29, 1.82) is 0 Å². The highest BCUT2D eigenvalue weighted by atomic mass is 32.2. The number of para-hydroxylation sites is 1. The molecule has 3 aromatic rings. The standard InChI is InChI=1S/C25H21NO2S2/c27-24(16-8-2-1-3-9-16)18-11-4-6-12-20(18)26-25(28)23-14-22-19(15-29-23)17-10-5-7-13-21(17)30-22/h1-4,6,8-9,11-12,14H,5,7,10,13,15H2,(H,26,28). The number of thiophene rings is 1. The molecule has 1 amide bonds. The molecule has 1 aromatic heterocycles. The molecule has 5 heteroatoms. The molecule has 0 saturated heterocycles. The SMILES string of the molecule is O=C(Nc1ccccc1C(=O)c1ccccc1)C1=Cc2sc3c(c2CS1)CCCC3. The van der Waals surface area contributed by atoms with Crippen molar-refractivity contribution in [2.75, 3.05) is 5.32 Å². The summed E-state index contributed by atoms with van der Waals surface area (Å²) in [5.74, 6) is 0.612. The lowest BCUT2D eigenvalue weighted by molar-refractivity contribution is -0.112. The van der Waals surface area contributed by atoms with Crippen LogP contribution in [0.3, 0.4) is 0 Å². The lowest BCUT2D eigenvalue weighted by Crippen LogP contribution is -2.17. The topological polar surface area (TPSA) is 46.2 Å². The Morgan fingerprint density at radius 2 is 1.63 bits per heavy atom. The smallest absolute Gasteiger partial charge is 0.262 e. The lowest BCUT2D eigenvalue weighted by Gasteiger charge is -2.17.